The summed E-state index contributed by atoms with van der Waals surface area (Å²) in [5.74, 6) is -1.52. The average molecular weight is 388 g/mol. The van der Waals surface area contributed by atoms with Crippen molar-refractivity contribution < 1.29 is 23.9 Å². The average Bonchev–Trinajstić information content (AvgIpc) is 3.11. The Hall–Kier alpha value is -3.10. The van der Waals surface area contributed by atoms with Crippen molar-refractivity contribution in [2.24, 2.45) is 0 Å². The SMILES string of the molecule is CC(C)NC(=O)NC(=O)[C@@H](C)OC(=O)c1ccc2c(c1)NC(=O)[C@@H]1CCCN21. The van der Waals surface area contributed by atoms with E-state index in [-0.39, 0.29) is 23.6 Å². The van der Waals surface area contributed by atoms with Crippen LogP contribution in [-0.2, 0) is 14.3 Å². The van der Waals surface area contributed by atoms with Crippen molar-refractivity contribution in [2.75, 3.05) is 16.8 Å². The zero-order valence-electron chi connectivity index (χ0n) is 16.1. The number of rotatable bonds is 4. The van der Waals surface area contributed by atoms with Gasteiger partial charge in [0.15, 0.2) is 6.10 Å². The largest absolute Gasteiger partial charge is 0.449 e. The first kappa shape index (κ1) is 19.7. The van der Waals surface area contributed by atoms with Crippen LogP contribution in [0.25, 0.3) is 0 Å². The van der Waals surface area contributed by atoms with Gasteiger partial charge in [-0.15, -0.1) is 0 Å². The molecule has 0 aliphatic carbocycles. The van der Waals surface area contributed by atoms with Crippen LogP contribution >= 0.6 is 0 Å². The zero-order valence-corrected chi connectivity index (χ0v) is 16.1. The third kappa shape index (κ3) is 4.08. The minimum atomic E-state index is -1.15. The van der Waals surface area contributed by atoms with Gasteiger partial charge in [-0.2, -0.15) is 0 Å². The molecule has 1 saturated heterocycles. The first-order valence-electron chi connectivity index (χ1n) is 9.30. The molecule has 0 aromatic heterocycles. The van der Waals surface area contributed by atoms with Gasteiger partial charge in [0.05, 0.1) is 16.9 Å². The van der Waals surface area contributed by atoms with Gasteiger partial charge in [0.1, 0.15) is 6.04 Å². The molecular weight excluding hydrogens is 364 g/mol. The third-order valence-electron chi connectivity index (χ3n) is 4.66. The first-order valence-corrected chi connectivity index (χ1v) is 9.30. The molecule has 2 aliphatic rings. The van der Waals surface area contributed by atoms with Crippen LogP contribution in [0.3, 0.4) is 0 Å². The summed E-state index contributed by atoms with van der Waals surface area (Å²) in [6, 6.07) is 3.96. The molecule has 150 valence electrons. The van der Waals surface area contributed by atoms with Crippen LogP contribution in [0.4, 0.5) is 16.2 Å². The molecule has 9 heteroatoms. The second-order valence-electron chi connectivity index (χ2n) is 7.24. The Morgan fingerprint density at radius 1 is 1.25 bits per heavy atom. The van der Waals surface area contributed by atoms with E-state index in [2.05, 4.69) is 16.0 Å². The maximum Gasteiger partial charge on any atom is 0.338 e. The summed E-state index contributed by atoms with van der Waals surface area (Å²) < 4.78 is 5.15. The Balaban J connectivity index is 1.65. The Morgan fingerprint density at radius 3 is 2.71 bits per heavy atom. The Bertz CT molecular complexity index is 823. The number of carbonyl (C=O) groups excluding carboxylic acids is 4. The predicted octanol–water partition coefficient (Wildman–Crippen LogP) is 1.39. The van der Waals surface area contributed by atoms with Crippen LogP contribution in [0.15, 0.2) is 18.2 Å². The molecule has 9 nitrogen and oxygen atoms in total. The Morgan fingerprint density at radius 2 is 2.00 bits per heavy atom. The van der Waals surface area contributed by atoms with Crippen LogP contribution in [-0.4, -0.2) is 48.5 Å². The highest BCUT2D eigenvalue weighted by Crippen LogP contribution is 2.37. The molecule has 0 saturated carbocycles. The standard InChI is InChI=1S/C19H24N4O5/c1-10(2)20-19(27)22-16(24)11(3)28-18(26)12-6-7-14-13(9-12)21-17(25)15-5-4-8-23(14)15/h6-7,9-11,15H,4-5,8H2,1-3H3,(H,21,25)(H2,20,22,24,27)/t11-,15+/m1/s1. The smallest absolute Gasteiger partial charge is 0.338 e. The molecule has 0 spiro atoms. The van der Waals surface area contributed by atoms with Gasteiger partial charge < -0.3 is 20.3 Å². The van der Waals surface area contributed by atoms with Gasteiger partial charge in [-0.05, 0) is 51.8 Å². The van der Waals surface area contributed by atoms with Gasteiger partial charge in [0, 0.05) is 12.6 Å². The van der Waals surface area contributed by atoms with Crippen molar-refractivity contribution in [1.29, 1.82) is 0 Å². The van der Waals surface area contributed by atoms with Crippen molar-refractivity contribution in [3.05, 3.63) is 23.8 Å². The number of fused-ring (bicyclic) bond motifs is 3. The molecule has 1 aromatic rings. The summed E-state index contributed by atoms with van der Waals surface area (Å²) in [6.45, 7) is 5.69. The molecule has 1 aromatic carbocycles. The summed E-state index contributed by atoms with van der Waals surface area (Å²) in [7, 11) is 0. The molecular formula is C19H24N4O5. The fraction of sp³-hybridized carbons (Fsp3) is 0.474. The lowest BCUT2D eigenvalue weighted by atomic mass is 10.1. The van der Waals surface area contributed by atoms with Gasteiger partial charge >= 0.3 is 12.0 Å². The number of hydrogen-bond acceptors (Lipinski definition) is 6. The molecule has 0 unspecified atom stereocenters. The van der Waals surface area contributed by atoms with Crippen molar-refractivity contribution in [1.82, 2.24) is 10.6 Å². The lowest BCUT2D eigenvalue weighted by molar-refractivity contribution is -0.127. The van der Waals surface area contributed by atoms with E-state index < -0.39 is 24.0 Å². The predicted molar refractivity (Wildman–Crippen MR) is 102 cm³/mol. The monoisotopic (exact) mass is 388 g/mol. The summed E-state index contributed by atoms with van der Waals surface area (Å²) in [6.07, 6.45) is 0.601. The first-order chi connectivity index (χ1) is 13.3. The fourth-order valence-electron chi connectivity index (χ4n) is 3.35. The van der Waals surface area contributed by atoms with E-state index in [9.17, 15) is 19.2 Å². The minimum Gasteiger partial charge on any atom is -0.449 e. The molecule has 28 heavy (non-hydrogen) atoms. The number of benzene rings is 1. The summed E-state index contributed by atoms with van der Waals surface area (Å²) in [4.78, 5) is 50.2. The molecule has 0 radical (unpaired) electrons. The van der Waals surface area contributed by atoms with Crippen LogP contribution < -0.4 is 20.9 Å². The molecule has 3 N–H and O–H groups in total. The number of imide groups is 1. The van der Waals surface area contributed by atoms with Gasteiger partial charge in [0.2, 0.25) is 5.91 Å². The number of nitrogens with one attached hydrogen (secondary N) is 3. The number of amides is 4. The molecule has 0 bridgehead atoms. The molecule has 4 amide bonds. The van der Waals surface area contributed by atoms with E-state index in [0.29, 0.717) is 5.69 Å². The normalized spacial score (nSPS) is 18.6. The number of carbonyl (C=O) groups is 4. The Kier molecular flexibility index (Phi) is 5.53. The third-order valence-corrected chi connectivity index (χ3v) is 4.66. The van der Waals surface area contributed by atoms with Crippen molar-refractivity contribution in [3.63, 3.8) is 0 Å². The van der Waals surface area contributed by atoms with E-state index in [1.807, 2.05) is 4.90 Å². The van der Waals surface area contributed by atoms with Crippen molar-refractivity contribution in [3.8, 4) is 0 Å². The summed E-state index contributed by atoms with van der Waals surface area (Å²) >= 11 is 0. The highest BCUT2D eigenvalue weighted by atomic mass is 16.5. The quantitative estimate of drug-likeness (QED) is 0.671. The number of hydrogen-bond donors (Lipinski definition) is 3. The molecule has 1 fully saturated rings. The minimum absolute atomic E-state index is 0.0839. The van der Waals surface area contributed by atoms with Gasteiger partial charge in [-0.25, -0.2) is 9.59 Å². The van der Waals surface area contributed by atoms with Crippen LogP contribution in [0.2, 0.25) is 0 Å². The molecule has 2 atom stereocenters. The van der Waals surface area contributed by atoms with Gasteiger partial charge in [-0.1, -0.05) is 0 Å². The van der Waals surface area contributed by atoms with E-state index in [1.165, 1.54) is 6.92 Å². The van der Waals surface area contributed by atoms with Gasteiger partial charge in [-0.3, -0.25) is 14.9 Å². The number of urea groups is 1. The van der Waals surface area contributed by atoms with Crippen molar-refractivity contribution in [2.45, 2.75) is 51.8 Å². The zero-order chi connectivity index (χ0) is 20.4. The van der Waals surface area contributed by atoms with E-state index in [1.54, 1.807) is 32.0 Å². The lowest BCUT2D eigenvalue weighted by Gasteiger charge is -2.33. The second-order valence-corrected chi connectivity index (χ2v) is 7.24. The van der Waals surface area contributed by atoms with E-state index in [4.69, 9.17) is 4.74 Å². The summed E-state index contributed by atoms with van der Waals surface area (Å²) in [5, 5.41) is 7.46. The van der Waals surface area contributed by atoms with Crippen LogP contribution in [0.1, 0.15) is 44.0 Å². The number of nitrogens with zero attached hydrogens (tertiary/aromatic N) is 1. The lowest BCUT2D eigenvalue weighted by Crippen LogP contribution is -2.46. The van der Waals surface area contributed by atoms with Gasteiger partial charge in [0.25, 0.3) is 5.91 Å². The van der Waals surface area contributed by atoms with E-state index in [0.717, 1.165) is 25.1 Å². The van der Waals surface area contributed by atoms with Crippen molar-refractivity contribution >= 4 is 35.2 Å². The fourth-order valence-corrected chi connectivity index (χ4v) is 3.35. The molecule has 2 aliphatic heterocycles. The number of anilines is 2. The molecule has 2 heterocycles. The van der Waals surface area contributed by atoms with E-state index >= 15 is 0 Å². The maximum absolute atomic E-state index is 12.4. The molecule has 3 rings (SSSR count). The topological polar surface area (TPSA) is 117 Å². The maximum atomic E-state index is 12.4. The Labute approximate surface area is 162 Å². The van der Waals surface area contributed by atoms with Crippen LogP contribution in [0.5, 0.6) is 0 Å². The second kappa shape index (κ2) is 7.87. The summed E-state index contributed by atoms with van der Waals surface area (Å²) in [5.41, 5.74) is 1.63. The highest BCUT2D eigenvalue weighted by molar-refractivity contribution is 6.06. The number of ether oxygens (including phenoxy) is 1. The highest BCUT2D eigenvalue weighted by Gasteiger charge is 2.36. The van der Waals surface area contributed by atoms with Crippen LogP contribution in [0, 0.1) is 0 Å². The number of esters is 1.